The Morgan fingerprint density at radius 3 is 3.00 bits per heavy atom. The molecule has 1 aromatic carbocycles. The SMILES string of the molecule is O=C(CN1C(=O)COc2cc(Br)ccc21)Nc1ccncc1[N+](=O)[O-]. The van der Waals surface area contributed by atoms with Crippen molar-refractivity contribution in [3.05, 3.63) is 51.2 Å². The number of carbonyl (C=O) groups is 2. The maximum absolute atomic E-state index is 12.3. The van der Waals surface area contributed by atoms with E-state index in [-0.39, 0.29) is 30.4 Å². The van der Waals surface area contributed by atoms with Gasteiger partial charge in [0.05, 0.1) is 10.6 Å². The summed E-state index contributed by atoms with van der Waals surface area (Å²) in [5, 5.41) is 13.4. The van der Waals surface area contributed by atoms with Gasteiger partial charge in [-0.3, -0.25) is 29.6 Å². The van der Waals surface area contributed by atoms with Crippen molar-refractivity contribution in [2.45, 2.75) is 0 Å². The van der Waals surface area contributed by atoms with Crippen LogP contribution in [0.3, 0.4) is 0 Å². The Hall–Kier alpha value is -3.01. The fourth-order valence-corrected chi connectivity index (χ4v) is 2.66. The quantitative estimate of drug-likeness (QED) is 0.614. The molecule has 128 valence electrons. The Balaban J connectivity index is 1.80. The highest BCUT2D eigenvalue weighted by Gasteiger charge is 2.28. The van der Waals surface area contributed by atoms with E-state index in [1.54, 1.807) is 18.2 Å². The highest BCUT2D eigenvalue weighted by molar-refractivity contribution is 9.10. The van der Waals surface area contributed by atoms with Gasteiger partial charge in [0.2, 0.25) is 5.91 Å². The number of rotatable bonds is 4. The zero-order valence-corrected chi connectivity index (χ0v) is 14.2. The molecule has 0 bridgehead atoms. The van der Waals surface area contributed by atoms with Crippen molar-refractivity contribution >= 4 is 44.8 Å². The zero-order chi connectivity index (χ0) is 18.0. The molecule has 2 heterocycles. The predicted molar refractivity (Wildman–Crippen MR) is 91.5 cm³/mol. The van der Waals surface area contributed by atoms with Crippen LogP contribution >= 0.6 is 15.9 Å². The molecule has 1 aliphatic heterocycles. The van der Waals surface area contributed by atoms with Gasteiger partial charge in [-0.25, -0.2) is 0 Å². The van der Waals surface area contributed by atoms with Gasteiger partial charge in [0.15, 0.2) is 6.61 Å². The molecule has 0 fully saturated rings. The minimum absolute atomic E-state index is 0.0155. The number of ether oxygens (including phenoxy) is 1. The lowest BCUT2D eigenvalue weighted by Crippen LogP contribution is -2.43. The Morgan fingerprint density at radius 1 is 1.44 bits per heavy atom. The molecule has 0 unspecified atom stereocenters. The molecule has 1 N–H and O–H groups in total. The number of aromatic nitrogens is 1. The Kier molecular flexibility index (Phi) is 4.61. The molecule has 3 rings (SSSR count). The molecule has 2 aromatic rings. The highest BCUT2D eigenvalue weighted by Crippen LogP contribution is 2.34. The van der Waals surface area contributed by atoms with Crippen molar-refractivity contribution < 1.29 is 19.2 Å². The number of anilines is 2. The minimum atomic E-state index is -0.644. The van der Waals surface area contributed by atoms with Gasteiger partial charge >= 0.3 is 5.69 Å². The van der Waals surface area contributed by atoms with E-state index in [1.165, 1.54) is 17.2 Å². The second kappa shape index (κ2) is 6.85. The van der Waals surface area contributed by atoms with Gasteiger partial charge in [-0.05, 0) is 24.3 Å². The van der Waals surface area contributed by atoms with Crippen LogP contribution in [-0.4, -0.2) is 34.9 Å². The van der Waals surface area contributed by atoms with Gasteiger partial charge in [0, 0.05) is 10.7 Å². The average Bonchev–Trinajstić information content (AvgIpc) is 2.57. The van der Waals surface area contributed by atoms with Crippen molar-refractivity contribution in [2.24, 2.45) is 0 Å². The summed E-state index contributed by atoms with van der Waals surface area (Å²) in [4.78, 5) is 39.6. The zero-order valence-electron chi connectivity index (χ0n) is 12.6. The number of benzene rings is 1. The van der Waals surface area contributed by atoms with Gasteiger partial charge in [0.25, 0.3) is 5.91 Å². The highest BCUT2D eigenvalue weighted by atomic mass is 79.9. The third-order valence-corrected chi connectivity index (χ3v) is 3.93. The standard InChI is InChI=1S/C15H11BrN4O5/c16-9-1-2-11-13(5-9)25-8-15(22)19(11)7-14(21)18-10-3-4-17-6-12(10)20(23)24/h1-6H,7-8H2,(H,17,18,21). The second-order valence-corrected chi connectivity index (χ2v) is 5.99. The largest absolute Gasteiger partial charge is 0.482 e. The normalized spacial score (nSPS) is 13.0. The molecule has 0 atom stereocenters. The van der Waals surface area contributed by atoms with E-state index in [1.807, 2.05) is 0 Å². The van der Waals surface area contributed by atoms with Crippen LogP contribution in [0.5, 0.6) is 5.75 Å². The molecule has 0 aliphatic carbocycles. The summed E-state index contributed by atoms with van der Waals surface area (Å²) in [6.45, 7) is -0.484. The molecule has 0 radical (unpaired) electrons. The lowest BCUT2D eigenvalue weighted by atomic mass is 10.2. The maximum Gasteiger partial charge on any atom is 0.310 e. The van der Waals surface area contributed by atoms with Gasteiger partial charge in [0.1, 0.15) is 24.2 Å². The molecule has 0 spiro atoms. The smallest absolute Gasteiger partial charge is 0.310 e. The molecule has 9 nitrogen and oxygen atoms in total. The van der Waals surface area contributed by atoms with E-state index < -0.39 is 10.8 Å². The molecule has 10 heteroatoms. The monoisotopic (exact) mass is 406 g/mol. The molecule has 1 aliphatic rings. The molecule has 0 saturated carbocycles. The number of pyridine rings is 1. The average molecular weight is 407 g/mol. The molecular formula is C15H11BrN4O5. The first kappa shape index (κ1) is 16.8. The lowest BCUT2D eigenvalue weighted by molar-refractivity contribution is -0.384. The summed E-state index contributed by atoms with van der Waals surface area (Å²) in [5.74, 6) is -0.482. The number of amides is 2. The summed E-state index contributed by atoms with van der Waals surface area (Å²) >= 11 is 3.31. The van der Waals surface area contributed by atoms with Crippen LogP contribution in [-0.2, 0) is 9.59 Å². The van der Waals surface area contributed by atoms with Crippen LogP contribution in [0.2, 0.25) is 0 Å². The predicted octanol–water partition coefficient (Wildman–Crippen LogP) is 2.12. The van der Waals surface area contributed by atoms with E-state index in [9.17, 15) is 19.7 Å². The van der Waals surface area contributed by atoms with Crippen molar-refractivity contribution in [2.75, 3.05) is 23.4 Å². The van der Waals surface area contributed by atoms with E-state index >= 15 is 0 Å². The van der Waals surface area contributed by atoms with Crippen molar-refractivity contribution in [3.63, 3.8) is 0 Å². The van der Waals surface area contributed by atoms with Crippen LogP contribution in [0.25, 0.3) is 0 Å². The second-order valence-electron chi connectivity index (χ2n) is 5.08. The Morgan fingerprint density at radius 2 is 2.24 bits per heavy atom. The first-order valence-electron chi connectivity index (χ1n) is 7.06. The molecule has 0 saturated heterocycles. The fourth-order valence-electron chi connectivity index (χ4n) is 2.32. The maximum atomic E-state index is 12.3. The minimum Gasteiger partial charge on any atom is -0.482 e. The third kappa shape index (κ3) is 3.58. The van der Waals surface area contributed by atoms with Gasteiger partial charge in [-0.15, -0.1) is 0 Å². The first-order valence-corrected chi connectivity index (χ1v) is 7.86. The van der Waals surface area contributed by atoms with Crippen LogP contribution < -0.4 is 15.0 Å². The Bertz CT molecular complexity index is 873. The number of hydrogen-bond donors (Lipinski definition) is 1. The molecule has 2 amide bonds. The van der Waals surface area contributed by atoms with E-state index in [0.717, 1.165) is 10.7 Å². The number of fused-ring (bicyclic) bond motifs is 1. The lowest BCUT2D eigenvalue weighted by Gasteiger charge is -2.28. The summed E-state index contributed by atoms with van der Waals surface area (Å²) < 4.78 is 6.12. The van der Waals surface area contributed by atoms with Gasteiger partial charge < -0.3 is 10.1 Å². The number of hydrogen-bond acceptors (Lipinski definition) is 6. The number of nitrogens with one attached hydrogen (secondary N) is 1. The van der Waals surface area contributed by atoms with Crippen molar-refractivity contribution in [3.8, 4) is 5.75 Å². The fraction of sp³-hybridized carbons (Fsp3) is 0.133. The van der Waals surface area contributed by atoms with Crippen LogP contribution in [0.15, 0.2) is 41.1 Å². The number of halogens is 1. The number of nitrogens with zero attached hydrogens (tertiary/aromatic N) is 3. The van der Waals surface area contributed by atoms with Crippen LogP contribution in [0, 0.1) is 10.1 Å². The van der Waals surface area contributed by atoms with E-state index in [4.69, 9.17) is 4.74 Å². The molecular weight excluding hydrogens is 396 g/mol. The topological polar surface area (TPSA) is 115 Å². The van der Waals surface area contributed by atoms with Gasteiger partial charge in [-0.1, -0.05) is 15.9 Å². The number of carbonyl (C=O) groups excluding carboxylic acids is 2. The summed E-state index contributed by atoms with van der Waals surface area (Å²) in [5.41, 5.74) is 0.147. The van der Waals surface area contributed by atoms with Crippen molar-refractivity contribution in [1.29, 1.82) is 0 Å². The van der Waals surface area contributed by atoms with E-state index in [0.29, 0.717) is 11.4 Å². The molecule has 1 aromatic heterocycles. The van der Waals surface area contributed by atoms with Crippen molar-refractivity contribution in [1.82, 2.24) is 4.98 Å². The van der Waals surface area contributed by atoms with E-state index in [2.05, 4.69) is 26.2 Å². The van der Waals surface area contributed by atoms with Gasteiger partial charge in [-0.2, -0.15) is 0 Å². The first-order chi connectivity index (χ1) is 12.0. The summed E-state index contributed by atoms with van der Waals surface area (Å²) in [6, 6.07) is 6.39. The Labute approximate surface area is 149 Å². The third-order valence-electron chi connectivity index (χ3n) is 3.44. The van der Waals surface area contributed by atoms with Crippen LogP contribution in [0.1, 0.15) is 0 Å². The molecule has 25 heavy (non-hydrogen) atoms. The van der Waals surface area contributed by atoms with Crippen LogP contribution in [0.4, 0.5) is 17.1 Å². The summed E-state index contributed by atoms with van der Waals surface area (Å²) in [7, 11) is 0. The number of nitro groups is 1. The summed E-state index contributed by atoms with van der Waals surface area (Å²) in [6.07, 6.45) is 2.37.